The van der Waals surface area contributed by atoms with Crippen molar-refractivity contribution in [3.63, 3.8) is 0 Å². The first-order chi connectivity index (χ1) is 9.83. The van der Waals surface area contributed by atoms with Gasteiger partial charge in [-0.15, -0.1) is 0 Å². The number of rotatable bonds is 4. The minimum atomic E-state index is 0.324. The molecule has 1 heterocycles. The van der Waals surface area contributed by atoms with Crippen molar-refractivity contribution in [2.45, 2.75) is 6.61 Å². The molecule has 0 amide bonds. The molecule has 20 heavy (non-hydrogen) atoms. The molecular formula is C16H14N2O2. The lowest BCUT2D eigenvalue weighted by atomic mass is 10.2. The van der Waals surface area contributed by atoms with Gasteiger partial charge in [0.15, 0.2) is 5.76 Å². The summed E-state index contributed by atoms with van der Waals surface area (Å²) in [5.74, 6) is 1.38. The van der Waals surface area contributed by atoms with Crippen LogP contribution in [0.4, 0.5) is 5.69 Å². The molecule has 0 saturated carbocycles. The predicted molar refractivity (Wildman–Crippen MR) is 77.1 cm³/mol. The summed E-state index contributed by atoms with van der Waals surface area (Å²) < 4.78 is 10.9. The van der Waals surface area contributed by atoms with Gasteiger partial charge in [-0.2, -0.15) is 0 Å². The third-order valence-electron chi connectivity index (χ3n) is 2.91. The predicted octanol–water partition coefficient (Wildman–Crippen LogP) is 3.50. The minimum absolute atomic E-state index is 0.324. The minimum Gasteiger partial charge on any atom is -0.485 e. The summed E-state index contributed by atoms with van der Waals surface area (Å²) in [5.41, 5.74) is 8.14. The molecule has 0 bridgehead atoms. The molecule has 3 rings (SSSR count). The maximum atomic E-state index is 5.81. The van der Waals surface area contributed by atoms with Gasteiger partial charge in [0, 0.05) is 11.6 Å². The number of hydrogen-bond acceptors (Lipinski definition) is 4. The van der Waals surface area contributed by atoms with Gasteiger partial charge in [0.1, 0.15) is 18.1 Å². The fraction of sp³-hybridized carbons (Fsp3) is 0.0625. The van der Waals surface area contributed by atoms with E-state index in [-0.39, 0.29) is 0 Å². The first-order valence-corrected chi connectivity index (χ1v) is 6.31. The van der Waals surface area contributed by atoms with Crippen LogP contribution in [0.15, 0.2) is 65.2 Å². The Morgan fingerprint density at radius 1 is 1.00 bits per heavy atom. The second-order valence-corrected chi connectivity index (χ2v) is 4.38. The molecule has 100 valence electrons. The van der Waals surface area contributed by atoms with Crippen LogP contribution >= 0.6 is 0 Å². The van der Waals surface area contributed by atoms with Crippen LogP contribution in [0.1, 0.15) is 5.69 Å². The summed E-state index contributed by atoms with van der Waals surface area (Å²) in [7, 11) is 0. The van der Waals surface area contributed by atoms with Crippen LogP contribution in [0.25, 0.3) is 11.3 Å². The van der Waals surface area contributed by atoms with Gasteiger partial charge < -0.3 is 15.0 Å². The number of aromatic nitrogens is 1. The standard InChI is InChI=1S/C16H14N2O2/c17-14-8-4-5-9-15(14)19-11-13-10-16(20-18-13)12-6-2-1-3-7-12/h1-10H,11,17H2. The highest BCUT2D eigenvalue weighted by Gasteiger charge is 2.07. The van der Waals surface area contributed by atoms with Crippen LogP contribution in [0, 0.1) is 0 Å². The first-order valence-electron chi connectivity index (χ1n) is 6.31. The summed E-state index contributed by atoms with van der Waals surface area (Å²) >= 11 is 0. The molecule has 0 fully saturated rings. The molecule has 4 heteroatoms. The Balaban J connectivity index is 1.71. The Hall–Kier alpha value is -2.75. The zero-order valence-corrected chi connectivity index (χ0v) is 10.8. The fourth-order valence-electron chi connectivity index (χ4n) is 1.88. The second kappa shape index (κ2) is 5.48. The van der Waals surface area contributed by atoms with Gasteiger partial charge in [0.2, 0.25) is 0 Å². The molecule has 0 saturated heterocycles. The van der Waals surface area contributed by atoms with Gasteiger partial charge in [0.25, 0.3) is 0 Å². The molecule has 0 spiro atoms. The second-order valence-electron chi connectivity index (χ2n) is 4.38. The summed E-state index contributed by atoms with van der Waals surface area (Å²) in [4.78, 5) is 0. The zero-order chi connectivity index (χ0) is 13.8. The lowest BCUT2D eigenvalue weighted by Crippen LogP contribution is -1.98. The highest BCUT2D eigenvalue weighted by molar-refractivity contribution is 5.57. The van der Waals surface area contributed by atoms with Crippen molar-refractivity contribution in [2.24, 2.45) is 0 Å². The van der Waals surface area contributed by atoms with Gasteiger partial charge >= 0.3 is 0 Å². The number of anilines is 1. The molecule has 0 aliphatic heterocycles. The number of ether oxygens (including phenoxy) is 1. The van der Waals surface area contributed by atoms with Crippen molar-refractivity contribution < 1.29 is 9.26 Å². The topological polar surface area (TPSA) is 61.3 Å². The van der Waals surface area contributed by atoms with E-state index in [1.165, 1.54) is 0 Å². The highest BCUT2D eigenvalue weighted by atomic mass is 16.5. The van der Waals surface area contributed by atoms with Gasteiger partial charge in [-0.25, -0.2) is 0 Å². The van der Waals surface area contributed by atoms with E-state index < -0.39 is 0 Å². The van der Waals surface area contributed by atoms with Crippen molar-refractivity contribution in [3.8, 4) is 17.1 Å². The molecule has 4 nitrogen and oxygen atoms in total. The van der Waals surface area contributed by atoms with E-state index in [1.54, 1.807) is 6.07 Å². The molecule has 0 radical (unpaired) electrons. The van der Waals surface area contributed by atoms with Gasteiger partial charge in [-0.1, -0.05) is 47.6 Å². The van der Waals surface area contributed by atoms with Crippen LogP contribution in [0.2, 0.25) is 0 Å². The Bertz CT molecular complexity index is 692. The highest BCUT2D eigenvalue weighted by Crippen LogP contribution is 2.23. The maximum Gasteiger partial charge on any atom is 0.167 e. The Morgan fingerprint density at radius 3 is 2.55 bits per heavy atom. The van der Waals surface area contributed by atoms with Crippen LogP contribution < -0.4 is 10.5 Å². The number of nitrogens with two attached hydrogens (primary N) is 1. The normalized spacial score (nSPS) is 10.4. The van der Waals surface area contributed by atoms with Crippen LogP contribution in [-0.2, 0) is 6.61 Å². The van der Waals surface area contributed by atoms with E-state index >= 15 is 0 Å². The van der Waals surface area contributed by atoms with Crippen molar-refractivity contribution in [1.82, 2.24) is 5.16 Å². The molecule has 2 aromatic carbocycles. The number of nitrogens with zero attached hydrogens (tertiary/aromatic N) is 1. The summed E-state index contributed by atoms with van der Waals surface area (Å²) in [6.07, 6.45) is 0. The number of para-hydroxylation sites is 2. The molecule has 0 aliphatic carbocycles. The largest absolute Gasteiger partial charge is 0.485 e. The van der Waals surface area contributed by atoms with Crippen molar-refractivity contribution in [3.05, 3.63) is 66.4 Å². The lowest BCUT2D eigenvalue weighted by molar-refractivity contribution is 0.291. The molecule has 3 aromatic rings. The fourth-order valence-corrected chi connectivity index (χ4v) is 1.88. The Morgan fingerprint density at radius 2 is 1.75 bits per heavy atom. The first kappa shape index (κ1) is 12.3. The van der Waals surface area contributed by atoms with E-state index in [1.807, 2.05) is 54.6 Å². The van der Waals surface area contributed by atoms with E-state index in [2.05, 4.69) is 5.16 Å². The third-order valence-corrected chi connectivity index (χ3v) is 2.91. The van der Waals surface area contributed by atoms with Gasteiger partial charge in [-0.3, -0.25) is 0 Å². The molecule has 2 N–H and O–H groups in total. The Labute approximate surface area is 116 Å². The van der Waals surface area contributed by atoms with Crippen molar-refractivity contribution >= 4 is 5.69 Å². The molecular weight excluding hydrogens is 252 g/mol. The van der Waals surface area contributed by atoms with Crippen LogP contribution in [0.3, 0.4) is 0 Å². The molecule has 1 aromatic heterocycles. The summed E-state index contributed by atoms with van der Waals surface area (Å²) in [5, 5.41) is 4.00. The SMILES string of the molecule is Nc1ccccc1OCc1cc(-c2ccccc2)on1. The monoisotopic (exact) mass is 266 g/mol. The van der Waals surface area contributed by atoms with Gasteiger partial charge in [-0.05, 0) is 12.1 Å². The van der Waals surface area contributed by atoms with E-state index in [9.17, 15) is 0 Å². The number of hydrogen-bond donors (Lipinski definition) is 1. The smallest absolute Gasteiger partial charge is 0.167 e. The van der Waals surface area contributed by atoms with E-state index in [4.69, 9.17) is 15.0 Å². The van der Waals surface area contributed by atoms with Crippen molar-refractivity contribution in [1.29, 1.82) is 0 Å². The third kappa shape index (κ3) is 2.64. The summed E-state index contributed by atoms with van der Waals surface area (Å²) in [6, 6.07) is 19.1. The quantitative estimate of drug-likeness (QED) is 0.734. The lowest BCUT2D eigenvalue weighted by Gasteiger charge is -2.05. The Kier molecular flexibility index (Phi) is 3.37. The van der Waals surface area contributed by atoms with Crippen LogP contribution in [-0.4, -0.2) is 5.16 Å². The molecule has 0 unspecified atom stereocenters. The number of nitrogen functional groups attached to an aromatic ring is 1. The van der Waals surface area contributed by atoms with E-state index in [0.717, 1.165) is 17.0 Å². The van der Waals surface area contributed by atoms with Crippen LogP contribution in [0.5, 0.6) is 5.75 Å². The maximum absolute atomic E-state index is 5.81. The number of benzene rings is 2. The summed E-state index contributed by atoms with van der Waals surface area (Å²) in [6.45, 7) is 0.324. The average molecular weight is 266 g/mol. The van der Waals surface area contributed by atoms with Crippen molar-refractivity contribution in [2.75, 3.05) is 5.73 Å². The average Bonchev–Trinajstić information content (AvgIpc) is 2.96. The van der Waals surface area contributed by atoms with Gasteiger partial charge in [0.05, 0.1) is 5.69 Å². The molecule has 0 aliphatic rings. The zero-order valence-electron chi connectivity index (χ0n) is 10.8. The van der Waals surface area contributed by atoms with E-state index in [0.29, 0.717) is 18.0 Å². The molecule has 0 atom stereocenters.